The third kappa shape index (κ3) is 3.16. The van der Waals surface area contributed by atoms with Gasteiger partial charge in [0.15, 0.2) is 0 Å². The predicted molar refractivity (Wildman–Crippen MR) is 97.6 cm³/mol. The Bertz CT molecular complexity index is 889. The number of ether oxygens (including phenoxy) is 1. The molecule has 2 heterocycles. The number of sulfonamides is 1. The predicted octanol–water partition coefficient (Wildman–Crippen LogP) is 3.89. The summed E-state index contributed by atoms with van der Waals surface area (Å²) in [6.07, 6.45) is 3.34. The quantitative estimate of drug-likeness (QED) is 0.797. The molecule has 25 heavy (non-hydrogen) atoms. The van der Waals surface area contributed by atoms with Gasteiger partial charge in [0.25, 0.3) is 0 Å². The van der Waals surface area contributed by atoms with E-state index in [-0.39, 0.29) is 10.5 Å². The minimum absolute atomic E-state index is 0.241. The molecule has 132 valence electrons. The molecule has 0 aromatic heterocycles. The van der Waals surface area contributed by atoms with E-state index in [9.17, 15) is 8.42 Å². The van der Waals surface area contributed by atoms with Gasteiger partial charge in [-0.15, -0.1) is 0 Å². The SMILES string of the molecule is O=S(=O)(c1cccc(Cl)c1)N1CCC2(CCc3ccccc3O2)CC1. The normalized spacial score (nSPS) is 20.0. The number of rotatable bonds is 2. The molecule has 0 radical (unpaired) electrons. The number of halogens is 1. The number of para-hydroxylation sites is 1. The highest BCUT2D eigenvalue weighted by atomic mass is 35.5. The number of hydrogen-bond acceptors (Lipinski definition) is 3. The fourth-order valence-electron chi connectivity index (χ4n) is 3.72. The monoisotopic (exact) mass is 377 g/mol. The summed E-state index contributed by atoms with van der Waals surface area (Å²) in [5.41, 5.74) is 0.997. The van der Waals surface area contributed by atoms with Crippen molar-refractivity contribution in [3.63, 3.8) is 0 Å². The summed E-state index contributed by atoms with van der Waals surface area (Å²) in [6, 6.07) is 14.6. The molecular formula is C19H20ClNO3S. The van der Waals surface area contributed by atoms with Crippen LogP contribution in [0.5, 0.6) is 5.75 Å². The summed E-state index contributed by atoms with van der Waals surface area (Å²) in [5.74, 6) is 0.944. The molecule has 1 fully saturated rings. The summed E-state index contributed by atoms with van der Waals surface area (Å²) in [7, 11) is -3.51. The summed E-state index contributed by atoms with van der Waals surface area (Å²) in [4.78, 5) is 0.255. The van der Waals surface area contributed by atoms with E-state index >= 15 is 0 Å². The van der Waals surface area contributed by atoms with E-state index < -0.39 is 10.0 Å². The molecule has 2 aromatic rings. The largest absolute Gasteiger partial charge is 0.487 e. The minimum Gasteiger partial charge on any atom is -0.487 e. The van der Waals surface area contributed by atoms with Crippen LogP contribution in [0.3, 0.4) is 0 Å². The van der Waals surface area contributed by atoms with Crippen molar-refractivity contribution in [2.24, 2.45) is 0 Å². The molecule has 0 saturated carbocycles. The Morgan fingerprint density at radius 2 is 1.76 bits per heavy atom. The summed E-state index contributed by atoms with van der Waals surface area (Å²) < 4.78 is 33.5. The summed E-state index contributed by atoms with van der Waals surface area (Å²) >= 11 is 5.95. The van der Waals surface area contributed by atoms with Crippen molar-refractivity contribution in [3.8, 4) is 5.75 Å². The van der Waals surface area contributed by atoms with Gasteiger partial charge in [0.2, 0.25) is 10.0 Å². The minimum atomic E-state index is -3.51. The number of benzene rings is 2. The van der Waals surface area contributed by atoms with Gasteiger partial charge in [-0.3, -0.25) is 0 Å². The molecule has 2 aliphatic heterocycles. The van der Waals surface area contributed by atoms with Gasteiger partial charge in [0.1, 0.15) is 11.4 Å². The smallest absolute Gasteiger partial charge is 0.243 e. The Kier molecular flexibility index (Phi) is 4.26. The molecule has 1 saturated heterocycles. The van der Waals surface area contributed by atoms with E-state index in [4.69, 9.17) is 16.3 Å². The highest BCUT2D eigenvalue weighted by Crippen LogP contribution is 2.40. The lowest BCUT2D eigenvalue weighted by atomic mass is 9.84. The van der Waals surface area contributed by atoms with E-state index in [2.05, 4.69) is 6.07 Å². The lowest BCUT2D eigenvalue weighted by Gasteiger charge is -2.44. The molecule has 0 bridgehead atoms. The Morgan fingerprint density at radius 3 is 2.52 bits per heavy atom. The number of piperidine rings is 1. The van der Waals surface area contributed by atoms with Crippen LogP contribution in [-0.2, 0) is 16.4 Å². The van der Waals surface area contributed by atoms with Crippen molar-refractivity contribution in [1.82, 2.24) is 4.31 Å². The number of nitrogens with zero attached hydrogens (tertiary/aromatic N) is 1. The van der Waals surface area contributed by atoms with Crippen molar-refractivity contribution >= 4 is 21.6 Å². The second-order valence-electron chi connectivity index (χ2n) is 6.75. The van der Waals surface area contributed by atoms with E-state index in [1.165, 1.54) is 11.6 Å². The first-order chi connectivity index (χ1) is 12.0. The molecule has 2 aliphatic rings. The topological polar surface area (TPSA) is 46.6 Å². The zero-order chi connectivity index (χ0) is 17.5. The lowest BCUT2D eigenvalue weighted by molar-refractivity contribution is 0.00181. The van der Waals surface area contributed by atoms with Crippen LogP contribution >= 0.6 is 11.6 Å². The zero-order valence-corrected chi connectivity index (χ0v) is 15.4. The maximum atomic E-state index is 12.8. The molecule has 6 heteroatoms. The molecule has 4 rings (SSSR count). The van der Waals surface area contributed by atoms with Crippen LogP contribution < -0.4 is 4.74 Å². The average Bonchev–Trinajstić information content (AvgIpc) is 2.62. The molecule has 0 unspecified atom stereocenters. The Labute approximate surface area is 153 Å². The van der Waals surface area contributed by atoms with Gasteiger partial charge in [-0.05, 0) is 42.7 Å². The van der Waals surface area contributed by atoms with Crippen LogP contribution in [0.2, 0.25) is 5.02 Å². The van der Waals surface area contributed by atoms with Crippen molar-refractivity contribution in [2.75, 3.05) is 13.1 Å². The van der Waals surface area contributed by atoms with Crippen molar-refractivity contribution in [2.45, 2.75) is 36.2 Å². The van der Waals surface area contributed by atoms with Gasteiger partial charge in [0, 0.05) is 31.0 Å². The van der Waals surface area contributed by atoms with Gasteiger partial charge >= 0.3 is 0 Å². The summed E-state index contributed by atoms with van der Waals surface area (Å²) in [5, 5.41) is 0.432. The third-order valence-electron chi connectivity index (χ3n) is 5.22. The highest BCUT2D eigenvalue weighted by Gasteiger charge is 2.42. The Morgan fingerprint density at radius 1 is 1.00 bits per heavy atom. The molecule has 0 N–H and O–H groups in total. The van der Waals surface area contributed by atoms with Gasteiger partial charge in [-0.25, -0.2) is 8.42 Å². The molecule has 0 atom stereocenters. The molecule has 1 spiro atoms. The number of fused-ring (bicyclic) bond motifs is 1. The van der Waals surface area contributed by atoms with Crippen molar-refractivity contribution in [3.05, 3.63) is 59.1 Å². The van der Waals surface area contributed by atoms with E-state index in [1.807, 2.05) is 18.2 Å². The van der Waals surface area contributed by atoms with Gasteiger partial charge in [0.05, 0.1) is 4.90 Å². The fraction of sp³-hybridized carbons (Fsp3) is 0.368. The fourth-order valence-corrected chi connectivity index (χ4v) is 5.46. The molecule has 2 aromatic carbocycles. The Hall–Kier alpha value is -1.56. The molecule has 4 nitrogen and oxygen atoms in total. The van der Waals surface area contributed by atoms with Gasteiger partial charge in [-0.1, -0.05) is 35.9 Å². The van der Waals surface area contributed by atoms with Gasteiger partial charge < -0.3 is 4.74 Å². The zero-order valence-electron chi connectivity index (χ0n) is 13.8. The standard InChI is InChI=1S/C19H20ClNO3S/c20-16-5-3-6-17(14-16)25(22,23)21-12-10-19(11-13-21)9-8-15-4-1-2-7-18(15)24-19/h1-7,14H,8-13H2. The van der Waals surface area contributed by atoms with E-state index in [1.54, 1.807) is 22.5 Å². The summed E-state index contributed by atoms with van der Waals surface area (Å²) in [6.45, 7) is 0.939. The van der Waals surface area contributed by atoms with Crippen molar-refractivity contribution < 1.29 is 13.2 Å². The highest BCUT2D eigenvalue weighted by molar-refractivity contribution is 7.89. The second kappa shape index (κ2) is 6.31. The first-order valence-electron chi connectivity index (χ1n) is 8.51. The van der Waals surface area contributed by atoms with Crippen molar-refractivity contribution in [1.29, 1.82) is 0 Å². The molecular weight excluding hydrogens is 358 g/mol. The number of hydrogen-bond donors (Lipinski definition) is 0. The molecule has 0 amide bonds. The van der Waals surface area contributed by atoms with Crippen LogP contribution in [0, 0.1) is 0 Å². The first kappa shape index (κ1) is 16.9. The second-order valence-corrected chi connectivity index (χ2v) is 9.13. The Balaban J connectivity index is 1.50. The number of aryl methyl sites for hydroxylation is 1. The van der Waals surface area contributed by atoms with Crippen LogP contribution in [0.1, 0.15) is 24.8 Å². The maximum Gasteiger partial charge on any atom is 0.243 e. The third-order valence-corrected chi connectivity index (χ3v) is 7.35. The lowest BCUT2D eigenvalue weighted by Crippen LogP contribution is -2.51. The average molecular weight is 378 g/mol. The van der Waals surface area contributed by atoms with Crippen LogP contribution in [-0.4, -0.2) is 31.4 Å². The first-order valence-corrected chi connectivity index (χ1v) is 10.3. The van der Waals surface area contributed by atoms with Crippen LogP contribution in [0.25, 0.3) is 0 Å². The van der Waals surface area contributed by atoms with E-state index in [0.29, 0.717) is 31.0 Å². The maximum absolute atomic E-state index is 12.8. The van der Waals surface area contributed by atoms with Gasteiger partial charge in [-0.2, -0.15) is 4.31 Å². The van der Waals surface area contributed by atoms with Crippen LogP contribution in [0.15, 0.2) is 53.4 Å². The molecule has 0 aliphatic carbocycles. The van der Waals surface area contributed by atoms with Crippen LogP contribution in [0.4, 0.5) is 0 Å². The van der Waals surface area contributed by atoms with E-state index in [0.717, 1.165) is 18.6 Å².